The highest BCUT2D eigenvalue weighted by atomic mass is 16.6. The van der Waals surface area contributed by atoms with Gasteiger partial charge in [-0.1, -0.05) is 19.3 Å². The van der Waals surface area contributed by atoms with Gasteiger partial charge in [0.2, 0.25) is 11.5 Å². The van der Waals surface area contributed by atoms with Gasteiger partial charge in [-0.25, -0.2) is 0 Å². The fourth-order valence-electron chi connectivity index (χ4n) is 3.11. The molecule has 0 N–H and O–H groups in total. The summed E-state index contributed by atoms with van der Waals surface area (Å²) in [6.45, 7) is 1.18. The second kappa shape index (κ2) is 8.55. The highest BCUT2D eigenvalue weighted by Gasteiger charge is 2.34. The molecule has 1 amide bonds. The molecule has 8 heteroatoms. The Bertz CT molecular complexity index is 639. The van der Waals surface area contributed by atoms with E-state index in [9.17, 15) is 14.9 Å². The largest absolute Gasteiger partial charge is 0.493 e. The molecule has 1 fully saturated rings. The normalized spacial score (nSPS) is 15.1. The quantitative estimate of drug-likeness (QED) is 0.597. The van der Waals surface area contributed by atoms with Crippen LogP contribution in [-0.4, -0.2) is 50.1 Å². The van der Waals surface area contributed by atoms with Crippen LogP contribution in [0, 0.1) is 10.1 Å². The molecule has 1 aliphatic heterocycles. The van der Waals surface area contributed by atoms with Crippen LogP contribution >= 0.6 is 0 Å². The van der Waals surface area contributed by atoms with Gasteiger partial charge in [0.15, 0.2) is 5.75 Å². The van der Waals surface area contributed by atoms with E-state index in [1.54, 1.807) is 4.90 Å². The number of amides is 1. The van der Waals surface area contributed by atoms with Gasteiger partial charge in [-0.2, -0.15) is 0 Å². The molecule has 0 radical (unpaired) electrons. The van der Waals surface area contributed by atoms with Crippen LogP contribution in [0.15, 0.2) is 6.07 Å². The minimum atomic E-state index is -0.613. The molecule has 1 heterocycles. The van der Waals surface area contributed by atoms with Gasteiger partial charge >= 0.3 is 5.69 Å². The second-order valence-corrected chi connectivity index (χ2v) is 5.86. The van der Waals surface area contributed by atoms with E-state index in [4.69, 9.17) is 14.2 Å². The van der Waals surface area contributed by atoms with Crippen molar-refractivity contribution < 1.29 is 23.9 Å². The van der Waals surface area contributed by atoms with Crippen LogP contribution in [0.4, 0.5) is 5.69 Å². The van der Waals surface area contributed by atoms with Gasteiger partial charge in [0.05, 0.1) is 26.3 Å². The Morgan fingerprint density at radius 3 is 2.04 bits per heavy atom. The number of likely N-dealkylation sites (tertiary alicyclic amines) is 1. The summed E-state index contributed by atoms with van der Waals surface area (Å²) in [6.07, 6.45) is 5.06. The zero-order valence-electron chi connectivity index (χ0n) is 14.9. The van der Waals surface area contributed by atoms with E-state index < -0.39 is 10.6 Å². The summed E-state index contributed by atoms with van der Waals surface area (Å²) in [5.74, 6) is -0.170. The van der Waals surface area contributed by atoms with E-state index in [1.165, 1.54) is 27.4 Å². The van der Waals surface area contributed by atoms with Crippen molar-refractivity contribution in [1.82, 2.24) is 4.90 Å². The minimum absolute atomic E-state index is 0.0416. The van der Waals surface area contributed by atoms with Gasteiger partial charge in [-0.3, -0.25) is 14.9 Å². The van der Waals surface area contributed by atoms with Gasteiger partial charge in [-0.15, -0.1) is 0 Å². The highest BCUT2D eigenvalue weighted by Crippen LogP contribution is 2.46. The third-order valence-electron chi connectivity index (χ3n) is 4.36. The molecule has 1 aromatic carbocycles. The van der Waals surface area contributed by atoms with Crippen LogP contribution < -0.4 is 14.2 Å². The number of methoxy groups -OCH3 is 3. The first-order chi connectivity index (χ1) is 12.0. The predicted molar refractivity (Wildman–Crippen MR) is 91.7 cm³/mol. The van der Waals surface area contributed by atoms with Crippen molar-refractivity contribution in [2.24, 2.45) is 0 Å². The summed E-state index contributed by atoms with van der Waals surface area (Å²) in [7, 11) is 4.08. The van der Waals surface area contributed by atoms with Crippen molar-refractivity contribution in [3.05, 3.63) is 21.7 Å². The predicted octanol–water partition coefficient (Wildman–Crippen LogP) is 3.03. The minimum Gasteiger partial charge on any atom is -0.493 e. The maximum absolute atomic E-state index is 13.0. The maximum atomic E-state index is 13.0. The zero-order valence-corrected chi connectivity index (χ0v) is 14.9. The first-order valence-corrected chi connectivity index (χ1v) is 8.31. The Morgan fingerprint density at radius 1 is 1.00 bits per heavy atom. The Labute approximate surface area is 146 Å². The molecule has 0 aromatic heterocycles. The number of hydrogen-bond acceptors (Lipinski definition) is 6. The van der Waals surface area contributed by atoms with Gasteiger partial charge in [0.25, 0.3) is 5.91 Å². The average Bonchev–Trinajstić information content (AvgIpc) is 2.58. The summed E-state index contributed by atoms with van der Waals surface area (Å²) < 4.78 is 15.6. The lowest BCUT2D eigenvalue weighted by Gasteiger charge is -2.25. The lowest BCUT2D eigenvalue weighted by Crippen LogP contribution is -2.34. The Balaban J connectivity index is 2.54. The number of nitro benzene ring substituents is 1. The second-order valence-electron chi connectivity index (χ2n) is 5.86. The Hall–Kier alpha value is -2.51. The fraction of sp³-hybridized carbons (Fsp3) is 0.588. The number of ether oxygens (including phenoxy) is 3. The van der Waals surface area contributed by atoms with E-state index >= 15 is 0 Å². The highest BCUT2D eigenvalue weighted by molar-refractivity contribution is 6.00. The summed E-state index contributed by atoms with van der Waals surface area (Å²) in [5.41, 5.74) is -0.438. The molecule has 1 aliphatic rings. The summed E-state index contributed by atoms with van der Waals surface area (Å²) in [5, 5.41) is 11.6. The van der Waals surface area contributed by atoms with Crippen LogP contribution in [0.1, 0.15) is 42.5 Å². The van der Waals surface area contributed by atoms with Crippen LogP contribution in [0.25, 0.3) is 0 Å². The summed E-state index contributed by atoms with van der Waals surface area (Å²) in [6, 6.07) is 1.36. The third-order valence-corrected chi connectivity index (χ3v) is 4.36. The molecule has 8 nitrogen and oxygen atoms in total. The van der Waals surface area contributed by atoms with E-state index in [0.717, 1.165) is 32.1 Å². The topological polar surface area (TPSA) is 91.1 Å². The van der Waals surface area contributed by atoms with Crippen molar-refractivity contribution >= 4 is 11.6 Å². The standard InChI is InChI=1S/C17H24N2O6/c1-23-13-11-12(14(19(21)22)16(25-3)15(13)24-2)17(20)18-9-7-5-4-6-8-10-18/h11H,4-10H2,1-3H3. The molecule has 0 unspecified atom stereocenters. The van der Waals surface area contributed by atoms with Crippen molar-refractivity contribution in [2.45, 2.75) is 32.1 Å². The smallest absolute Gasteiger partial charge is 0.327 e. The summed E-state index contributed by atoms with van der Waals surface area (Å²) in [4.78, 5) is 25.7. The molecule has 0 atom stereocenters. The lowest BCUT2D eigenvalue weighted by molar-refractivity contribution is -0.386. The first-order valence-electron chi connectivity index (χ1n) is 8.31. The van der Waals surface area contributed by atoms with Crippen LogP contribution in [-0.2, 0) is 0 Å². The van der Waals surface area contributed by atoms with Gasteiger partial charge in [0, 0.05) is 19.2 Å². The number of nitrogens with zero attached hydrogens (tertiary/aromatic N) is 2. The van der Waals surface area contributed by atoms with E-state index in [2.05, 4.69) is 0 Å². The molecule has 0 aliphatic carbocycles. The Kier molecular flexibility index (Phi) is 6.44. The van der Waals surface area contributed by atoms with Crippen LogP contribution in [0.3, 0.4) is 0 Å². The van der Waals surface area contributed by atoms with Crippen LogP contribution in [0.2, 0.25) is 0 Å². The van der Waals surface area contributed by atoms with Crippen molar-refractivity contribution in [2.75, 3.05) is 34.4 Å². The van der Waals surface area contributed by atoms with Crippen molar-refractivity contribution in [3.8, 4) is 17.2 Å². The van der Waals surface area contributed by atoms with Gasteiger partial charge < -0.3 is 19.1 Å². The summed E-state index contributed by atoms with van der Waals surface area (Å²) >= 11 is 0. The number of carbonyl (C=O) groups is 1. The SMILES string of the molecule is COc1cc(C(=O)N2CCCCCCC2)c([N+](=O)[O-])c(OC)c1OC. The van der Waals surface area contributed by atoms with E-state index in [1.807, 2.05) is 0 Å². The number of carbonyl (C=O) groups excluding carboxylic acids is 1. The molecule has 25 heavy (non-hydrogen) atoms. The van der Waals surface area contributed by atoms with Gasteiger partial charge in [0.1, 0.15) is 5.56 Å². The molecule has 0 spiro atoms. The average molecular weight is 352 g/mol. The first kappa shape index (κ1) is 18.8. The molecular formula is C17H24N2O6. The zero-order chi connectivity index (χ0) is 18.4. The molecule has 0 bridgehead atoms. The number of benzene rings is 1. The molecule has 138 valence electrons. The Morgan fingerprint density at radius 2 is 1.56 bits per heavy atom. The maximum Gasteiger partial charge on any atom is 0.327 e. The van der Waals surface area contributed by atoms with E-state index in [0.29, 0.717) is 13.1 Å². The molecule has 1 aromatic rings. The van der Waals surface area contributed by atoms with Crippen LogP contribution in [0.5, 0.6) is 17.2 Å². The molecule has 1 saturated heterocycles. The molecule has 2 rings (SSSR count). The third kappa shape index (κ3) is 3.94. The van der Waals surface area contributed by atoms with Crippen molar-refractivity contribution in [3.63, 3.8) is 0 Å². The number of rotatable bonds is 5. The number of hydrogen-bond donors (Lipinski definition) is 0. The lowest BCUT2D eigenvalue weighted by atomic mass is 10.1. The van der Waals surface area contributed by atoms with Gasteiger partial charge in [-0.05, 0) is 12.8 Å². The molecule has 0 saturated carbocycles. The van der Waals surface area contributed by atoms with E-state index in [-0.39, 0.29) is 28.7 Å². The molecular weight excluding hydrogens is 328 g/mol. The van der Waals surface area contributed by atoms with Crippen molar-refractivity contribution in [1.29, 1.82) is 0 Å². The monoisotopic (exact) mass is 352 g/mol. The number of nitro groups is 1. The fourth-order valence-corrected chi connectivity index (χ4v) is 3.11.